The van der Waals surface area contributed by atoms with Gasteiger partial charge in [0.15, 0.2) is 0 Å². The highest BCUT2D eigenvalue weighted by atomic mass is 79.9. The van der Waals surface area contributed by atoms with Crippen molar-refractivity contribution in [3.63, 3.8) is 0 Å². The van der Waals surface area contributed by atoms with E-state index in [1.165, 1.54) is 5.56 Å². The van der Waals surface area contributed by atoms with E-state index in [1.54, 1.807) is 6.20 Å². The molecule has 0 bridgehead atoms. The van der Waals surface area contributed by atoms with E-state index in [0.717, 1.165) is 48.2 Å². The average molecular weight is 393 g/mol. The summed E-state index contributed by atoms with van der Waals surface area (Å²) in [5.41, 5.74) is 2.30. The second-order valence-corrected chi connectivity index (χ2v) is 7.75. The summed E-state index contributed by atoms with van der Waals surface area (Å²) in [6.07, 6.45) is 8.15. The van der Waals surface area contributed by atoms with Crippen molar-refractivity contribution in [3.8, 4) is 0 Å². The zero-order valence-corrected chi connectivity index (χ0v) is 15.9. The summed E-state index contributed by atoms with van der Waals surface area (Å²) < 4.78 is 6.94. The monoisotopic (exact) mass is 392 g/mol. The smallest absolute Gasteiger partial charge is 0.130 e. The van der Waals surface area contributed by atoms with Crippen LogP contribution in [0.1, 0.15) is 44.6 Å². The van der Waals surface area contributed by atoms with E-state index in [-0.39, 0.29) is 6.10 Å². The van der Waals surface area contributed by atoms with Crippen LogP contribution in [0.5, 0.6) is 0 Å². The minimum atomic E-state index is -0.530. The molecule has 1 fully saturated rings. The third kappa shape index (κ3) is 4.08. The highest BCUT2D eigenvalue weighted by molar-refractivity contribution is 9.11. The summed E-state index contributed by atoms with van der Waals surface area (Å²) in [5.74, 6) is 1.31. The van der Waals surface area contributed by atoms with Crippen LogP contribution in [0, 0.1) is 0 Å². The number of pyridine rings is 1. The minimum absolute atomic E-state index is 0.127. The molecule has 0 radical (unpaired) electrons. The topological polar surface area (TPSA) is 45.6 Å². The summed E-state index contributed by atoms with van der Waals surface area (Å²) in [7, 11) is 0. The van der Waals surface area contributed by atoms with E-state index in [1.807, 2.05) is 32.2 Å². The van der Waals surface area contributed by atoms with Crippen molar-refractivity contribution < 1.29 is 9.84 Å². The van der Waals surface area contributed by atoms with Gasteiger partial charge in [-0.2, -0.15) is 0 Å². The van der Waals surface area contributed by atoms with Gasteiger partial charge in [-0.05, 0) is 62.3 Å². The molecule has 1 saturated heterocycles. The zero-order valence-electron chi connectivity index (χ0n) is 14.3. The standard InChI is InChI=1S/C19H25BrN2O2/c1-13(2)24-18-10-14(5-6-17(18)20)19(23)22-9-7-16(12-22)15-4-3-8-21-11-15/h3-4,8,10-11,13,16,19,23H,5-7,9,12H2,1-2H3. The average Bonchev–Trinajstić information content (AvgIpc) is 3.06. The van der Waals surface area contributed by atoms with E-state index >= 15 is 0 Å². The fourth-order valence-electron chi connectivity index (χ4n) is 3.39. The molecule has 1 aromatic heterocycles. The fraction of sp³-hybridized carbons (Fsp3) is 0.526. The minimum Gasteiger partial charge on any atom is -0.490 e. The van der Waals surface area contributed by atoms with Crippen LogP contribution in [-0.2, 0) is 4.74 Å². The van der Waals surface area contributed by atoms with Gasteiger partial charge in [0.1, 0.15) is 12.0 Å². The second kappa shape index (κ2) is 7.81. The lowest BCUT2D eigenvalue weighted by molar-refractivity contribution is 0.0462. The molecule has 1 aliphatic heterocycles. The second-order valence-electron chi connectivity index (χ2n) is 6.80. The highest BCUT2D eigenvalue weighted by Crippen LogP contribution is 2.34. The van der Waals surface area contributed by atoms with Crippen molar-refractivity contribution in [2.24, 2.45) is 0 Å². The quantitative estimate of drug-likeness (QED) is 0.823. The molecule has 0 aromatic carbocycles. The normalized spacial score (nSPS) is 23.5. The number of halogens is 1. The van der Waals surface area contributed by atoms with Gasteiger partial charge >= 0.3 is 0 Å². The van der Waals surface area contributed by atoms with E-state index < -0.39 is 6.23 Å². The maximum Gasteiger partial charge on any atom is 0.130 e. The Morgan fingerprint density at radius 3 is 2.92 bits per heavy atom. The van der Waals surface area contributed by atoms with E-state index in [9.17, 15) is 5.11 Å². The molecule has 0 spiro atoms. The summed E-state index contributed by atoms with van der Waals surface area (Å²) in [6, 6.07) is 4.11. The maximum atomic E-state index is 10.8. The van der Waals surface area contributed by atoms with Gasteiger partial charge in [-0.15, -0.1) is 0 Å². The van der Waals surface area contributed by atoms with Gasteiger partial charge in [-0.3, -0.25) is 9.88 Å². The fourth-order valence-corrected chi connectivity index (χ4v) is 3.79. The molecule has 1 aliphatic carbocycles. The molecular formula is C19H25BrN2O2. The molecule has 130 valence electrons. The van der Waals surface area contributed by atoms with Gasteiger partial charge in [0, 0.05) is 30.0 Å². The number of ether oxygens (including phenoxy) is 1. The number of likely N-dealkylation sites (tertiary alicyclic amines) is 1. The van der Waals surface area contributed by atoms with Crippen LogP contribution >= 0.6 is 15.9 Å². The van der Waals surface area contributed by atoms with Gasteiger partial charge in [0.2, 0.25) is 0 Å². The number of nitrogens with zero attached hydrogens (tertiary/aromatic N) is 2. The number of hydrogen-bond donors (Lipinski definition) is 1. The predicted molar refractivity (Wildman–Crippen MR) is 98.7 cm³/mol. The van der Waals surface area contributed by atoms with Gasteiger partial charge in [0.05, 0.1) is 6.10 Å². The molecule has 1 aromatic rings. The van der Waals surface area contributed by atoms with Crippen LogP contribution < -0.4 is 0 Å². The third-order valence-electron chi connectivity index (χ3n) is 4.63. The summed E-state index contributed by atoms with van der Waals surface area (Å²) in [6.45, 7) is 5.81. The van der Waals surface area contributed by atoms with Gasteiger partial charge in [0.25, 0.3) is 0 Å². The number of aromatic nitrogens is 1. The number of allylic oxidation sites excluding steroid dienone is 2. The lowest BCUT2D eigenvalue weighted by Crippen LogP contribution is -2.35. The van der Waals surface area contributed by atoms with Crippen molar-refractivity contribution in [2.45, 2.75) is 51.4 Å². The van der Waals surface area contributed by atoms with Gasteiger partial charge in [-0.25, -0.2) is 0 Å². The van der Waals surface area contributed by atoms with E-state index in [2.05, 4.69) is 31.9 Å². The number of rotatable bonds is 5. The summed E-state index contributed by atoms with van der Waals surface area (Å²) >= 11 is 3.59. The molecule has 0 saturated carbocycles. The van der Waals surface area contributed by atoms with Crippen molar-refractivity contribution in [2.75, 3.05) is 13.1 Å². The number of hydrogen-bond acceptors (Lipinski definition) is 4. The molecule has 0 amide bonds. The molecule has 3 rings (SSSR count). The Labute approximate surface area is 152 Å². The van der Waals surface area contributed by atoms with Crippen molar-refractivity contribution in [3.05, 3.63) is 52.0 Å². The Kier molecular flexibility index (Phi) is 5.74. The van der Waals surface area contributed by atoms with Crippen molar-refractivity contribution in [1.82, 2.24) is 9.88 Å². The molecule has 1 N–H and O–H groups in total. The molecule has 2 unspecified atom stereocenters. The molecular weight excluding hydrogens is 368 g/mol. The highest BCUT2D eigenvalue weighted by Gasteiger charge is 2.31. The Balaban J connectivity index is 1.68. The van der Waals surface area contributed by atoms with Crippen LogP contribution in [0.3, 0.4) is 0 Å². The van der Waals surface area contributed by atoms with E-state index in [4.69, 9.17) is 4.74 Å². The first-order valence-electron chi connectivity index (χ1n) is 8.62. The molecule has 24 heavy (non-hydrogen) atoms. The Hall–Kier alpha value is -1.17. The van der Waals surface area contributed by atoms with Gasteiger partial charge < -0.3 is 9.84 Å². The van der Waals surface area contributed by atoms with Crippen LogP contribution in [0.2, 0.25) is 0 Å². The summed E-state index contributed by atoms with van der Waals surface area (Å²) in [5, 5.41) is 10.8. The first-order chi connectivity index (χ1) is 11.5. The van der Waals surface area contributed by atoms with Crippen molar-refractivity contribution >= 4 is 15.9 Å². The van der Waals surface area contributed by atoms with Crippen LogP contribution in [0.4, 0.5) is 0 Å². The molecule has 4 nitrogen and oxygen atoms in total. The summed E-state index contributed by atoms with van der Waals surface area (Å²) in [4.78, 5) is 6.38. The molecule has 2 atom stereocenters. The molecule has 2 aliphatic rings. The third-order valence-corrected chi connectivity index (χ3v) is 5.42. The van der Waals surface area contributed by atoms with Gasteiger partial charge in [-0.1, -0.05) is 22.0 Å². The molecule has 5 heteroatoms. The first kappa shape index (κ1) is 17.6. The Morgan fingerprint density at radius 2 is 2.21 bits per heavy atom. The SMILES string of the molecule is CC(C)OC1=C(Br)CCC(C(O)N2CCC(c3cccnc3)C2)=C1. The van der Waals surface area contributed by atoms with E-state index in [0.29, 0.717) is 5.92 Å². The van der Waals surface area contributed by atoms with Crippen LogP contribution in [0.25, 0.3) is 0 Å². The van der Waals surface area contributed by atoms with Crippen molar-refractivity contribution in [1.29, 1.82) is 0 Å². The lowest BCUT2D eigenvalue weighted by atomic mass is 10.00. The number of aliphatic hydroxyl groups excluding tert-OH is 1. The molecule has 2 heterocycles. The maximum absolute atomic E-state index is 10.8. The lowest BCUT2D eigenvalue weighted by Gasteiger charge is -2.28. The zero-order chi connectivity index (χ0) is 17.1. The first-order valence-corrected chi connectivity index (χ1v) is 9.41. The number of aliphatic hydroxyl groups is 1. The predicted octanol–water partition coefficient (Wildman–Crippen LogP) is 3.94. The van der Waals surface area contributed by atoms with Crippen LogP contribution in [0.15, 0.2) is 46.4 Å². The van der Waals surface area contributed by atoms with Crippen LogP contribution in [-0.4, -0.2) is 40.4 Å². The largest absolute Gasteiger partial charge is 0.490 e. The Morgan fingerprint density at radius 1 is 1.38 bits per heavy atom. The Bertz CT molecular complexity index is 628.